The quantitative estimate of drug-likeness (QED) is 0.130. The van der Waals surface area contributed by atoms with Crippen molar-refractivity contribution in [1.82, 2.24) is 19.4 Å². The number of benzene rings is 2. The summed E-state index contributed by atoms with van der Waals surface area (Å²) < 4.78 is 26.7. The number of ketones is 1. The van der Waals surface area contributed by atoms with Gasteiger partial charge in [-0.3, -0.25) is 29.3 Å². The Morgan fingerprint density at radius 2 is 1.60 bits per heavy atom. The number of nitrogens with one attached hydrogen (secondary N) is 1. The van der Waals surface area contributed by atoms with Crippen molar-refractivity contribution in [3.8, 4) is 17.2 Å². The van der Waals surface area contributed by atoms with Crippen LogP contribution < -0.4 is 20.8 Å². The smallest absolute Gasteiger partial charge is 0.320 e. The Balaban J connectivity index is 1.15. The number of phenolic OH excluding ortho intramolecular Hbond substituents is 2. The fourth-order valence-electron chi connectivity index (χ4n) is 11.7. The van der Waals surface area contributed by atoms with Crippen LogP contribution in [0.25, 0.3) is 10.8 Å². The van der Waals surface area contributed by atoms with Crippen molar-refractivity contribution in [3.63, 3.8) is 0 Å². The minimum atomic E-state index is -2.00. The third kappa shape index (κ3) is 10.9. The number of hydrogen-bond donors (Lipinski definition) is 6. The molecule has 1 unspecified atom stereocenters. The highest BCUT2D eigenvalue weighted by molar-refractivity contribution is 6.19. The highest BCUT2D eigenvalue weighted by Crippen LogP contribution is 2.50. The highest BCUT2D eigenvalue weighted by atomic mass is 16.7. The second kappa shape index (κ2) is 22.1. The number of aromatic nitrogens is 2. The molecule has 9 rings (SSSR count). The molecule has 3 aromatic rings. The van der Waals surface area contributed by atoms with Crippen LogP contribution in [-0.4, -0.2) is 145 Å². The van der Waals surface area contributed by atoms with Gasteiger partial charge in [0.1, 0.15) is 40.6 Å². The number of aliphatic hydroxyl groups excluding tert-OH is 3. The van der Waals surface area contributed by atoms with Crippen molar-refractivity contribution in [2.24, 2.45) is 52.5 Å². The monoisotopic (exact) mass is 1040 g/mol. The first-order chi connectivity index (χ1) is 35.5. The molecule has 6 aliphatic rings. The number of carbonyl (C=O) groups is 3. The Labute approximate surface area is 438 Å². The molecule has 2 aromatic carbocycles. The summed E-state index contributed by atoms with van der Waals surface area (Å²) >= 11 is 0. The lowest BCUT2D eigenvalue weighted by atomic mass is 9.78. The Kier molecular flexibility index (Phi) is 16.4. The minimum Gasteiger partial charge on any atom is -0.507 e. The molecule has 0 saturated carbocycles. The number of rotatable bonds is 8. The number of ether oxygens (including phenoxy) is 4. The number of amides is 1. The molecule has 2 saturated heterocycles. The zero-order valence-corrected chi connectivity index (χ0v) is 45.2. The van der Waals surface area contributed by atoms with Crippen molar-refractivity contribution >= 4 is 34.1 Å². The number of esters is 1. The number of carbonyl (C=O) groups excluding carboxylic acids is 3. The van der Waals surface area contributed by atoms with E-state index in [0.717, 1.165) is 6.54 Å². The molecule has 1 spiro atoms. The van der Waals surface area contributed by atoms with Gasteiger partial charge < -0.3 is 59.3 Å². The number of phenols is 2. The van der Waals surface area contributed by atoms with Gasteiger partial charge >= 0.3 is 11.8 Å². The van der Waals surface area contributed by atoms with Crippen LogP contribution in [0.4, 0.5) is 5.69 Å². The van der Waals surface area contributed by atoms with Gasteiger partial charge in [-0.15, -0.1) is 0 Å². The normalized spacial score (nSPS) is 31.0. The van der Waals surface area contributed by atoms with E-state index in [9.17, 15) is 39.9 Å². The molecule has 19 heteroatoms. The van der Waals surface area contributed by atoms with E-state index in [1.165, 1.54) is 20.3 Å². The molecule has 6 aliphatic heterocycles. The first kappa shape index (κ1) is 55.5. The number of aryl methyl sites for hydroxylation is 1. The second-order valence-electron chi connectivity index (χ2n) is 22.3. The maximum absolute atomic E-state index is 15.0. The van der Waals surface area contributed by atoms with Crippen LogP contribution in [0.2, 0.25) is 0 Å². The van der Waals surface area contributed by atoms with Crippen LogP contribution in [-0.2, 0) is 30.8 Å². The summed E-state index contributed by atoms with van der Waals surface area (Å²) in [7, 11) is 3.32. The van der Waals surface area contributed by atoms with Gasteiger partial charge in [0.25, 0.3) is 11.7 Å². The molecule has 0 aliphatic carbocycles. The maximum Gasteiger partial charge on any atom is 0.320 e. The van der Waals surface area contributed by atoms with Crippen molar-refractivity contribution < 1.29 is 58.9 Å². The van der Waals surface area contributed by atoms with Gasteiger partial charge in [0.15, 0.2) is 11.4 Å². The molecule has 7 heterocycles. The molecule has 0 radical (unpaired) electrons. The summed E-state index contributed by atoms with van der Waals surface area (Å²) in [5.74, 6) is -6.23. The van der Waals surface area contributed by atoms with E-state index in [-0.39, 0.29) is 67.8 Å². The number of methoxy groups -OCH3 is 1. The predicted molar refractivity (Wildman–Crippen MR) is 279 cm³/mol. The molecule has 2 fully saturated rings. The number of Topliss-reactive ketones (excluding diaryl/α,β-unsaturated/α-hetero) is 1. The second-order valence-corrected chi connectivity index (χ2v) is 22.3. The van der Waals surface area contributed by atoms with Gasteiger partial charge in [-0.05, 0) is 57.7 Å². The van der Waals surface area contributed by atoms with Crippen molar-refractivity contribution in [2.45, 2.75) is 130 Å². The topological polar surface area (TPSA) is 250 Å². The summed E-state index contributed by atoms with van der Waals surface area (Å²) in [6.07, 6.45) is 8.76. The molecule has 1 amide bonds. The van der Waals surface area contributed by atoms with Gasteiger partial charge in [0, 0.05) is 106 Å². The average Bonchev–Trinajstić information content (AvgIpc) is 4.06. The van der Waals surface area contributed by atoms with E-state index in [1.54, 1.807) is 75.9 Å². The number of fused-ring (bicyclic) bond motifs is 13. The number of nitrogens with zero attached hydrogens (tertiary/aromatic N) is 6. The third-order valence-electron chi connectivity index (χ3n) is 16.4. The van der Waals surface area contributed by atoms with Crippen molar-refractivity contribution in [2.75, 3.05) is 51.7 Å². The number of aliphatic hydroxyl groups is 3. The summed E-state index contributed by atoms with van der Waals surface area (Å²) in [4.78, 5) is 62.1. The fraction of sp³-hybridized carbons (Fsp3) is 0.607. The molecule has 5 bridgehead atoms. The van der Waals surface area contributed by atoms with Crippen LogP contribution in [0.5, 0.6) is 17.2 Å². The van der Waals surface area contributed by atoms with E-state index < -0.39 is 89.1 Å². The van der Waals surface area contributed by atoms with Crippen LogP contribution in [0.1, 0.15) is 109 Å². The minimum absolute atomic E-state index is 0.0231. The lowest BCUT2D eigenvalue weighted by molar-refractivity contribution is -0.165. The first-order valence-corrected chi connectivity index (χ1v) is 26.5. The van der Waals surface area contributed by atoms with Crippen LogP contribution in [0, 0.1) is 42.4 Å². The van der Waals surface area contributed by atoms with Gasteiger partial charge in [-0.2, -0.15) is 0 Å². The first-order valence-electron chi connectivity index (χ1n) is 26.5. The molecule has 1 aromatic heterocycles. The number of hydrogen-bond acceptors (Lipinski definition) is 17. The molecule has 19 nitrogen and oxygen atoms in total. The predicted octanol–water partition coefficient (Wildman–Crippen LogP) is 4.91. The average molecular weight is 1040 g/mol. The largest absolute Gasteiger partial charge is 0.507 e. The number of piperidine rings is 2. The summed E-state index contributed by atoms with van der Waals surface area (Å²) in [6, 6.07) is 0. The summed E-state index contributed by atoms with van der Waals surface area (Å²) in [6.45, 7) is 19.3. The van der Waals surface area contributed by atoms with E-state index in [2.05, 4.69) is 29.0 Å². The van der Waals surface area contributed by atoms with E-state index in [4.69, 9.17) is 28.9 Å². The molecular weight excluding hydrogens is 963 g/mol. The van der Waals surface area contributed by atoms with E-state index in [0.29, 0.717) is 63.6 Å². The molecule has 408 valence electrons. The summed E-state index contributed by atoms with van der Waals surface area (Å²) in [5, 5.41) is 62.3. The molecular formula is C56H77N7O12. The van der Waals surface area contributed by atoms with Crippen LogP contribution >= 0.6 is 0 Å². The van der Waals surface area contributed by atoms with Crippen LogP contribution in [0.15, 0.2) is 58.5 Å². The van der Waals surface area contributed by atoms with Crippen molar-refractivity contribution in [1.29, 1.82) is 0 Å². The Bertz CT molecular complexity index is 2880. The van der Waals surface area contributed by atoms with Crippen LogP contribution in [0.3, 0.4) is 0 Å². The Hall–Kier alpha value is -5.70. The van der Waals surface area contributed by atoms with Gasteiger partial charge in [0.2, 0.25) is 0 Å². The zero-order valence-electron chi connectivity index (χ0n) is 45.2. The summed E-state index contributed by atoms with van der Waals surface area (Å²) in [5.41, 5.74) is -0.643. The lowest BCUT2D eigenvalue weighted by Gasteiger charge is -2.39. The van der Waals surface area contributed by atoms with Gasteiger partial charge in [-0.1, -0.05) is 59.8 Å². The number of imidazole rings is 1. The fourth-order valence-corrected chi connectivity index (χ4v) is 11.7. The molecule has 75 heavy (non-hydrogen) atoms. The maximum atomic E-state index is 15.0. The number of likely N-dealkylation sites (tertiary alicyclic amines) is 2. The third-order valence-corrected chi connectivity index (χ3v) is 16.4. The SMILES string of the molecule is CO[C@H]1/C=C/O[C@@]2(C)Oc3c(C)c(O)c4c(O)c(c5c(c4c3C2=O)=NC2(CCN(CC(C)C)CC2)N=5)NC(=O)/C(C)=C\C=C\[C@H](C)[C@H](O)[C@@H](C)[C@@H](O)[C@@H](C)[C@H](OC(=O)CN2CCC(C(O)c3nccn3C)CC2)[C@@H]1C. The number of anilines is 1. The van der Waals surface area contributed by atoms with E-state index in [1.807, 2.05) is 18.9 Å². The molecule has 10 atom stereocenters. The highest BCUT2D eigenvalue weighted by Gasteiger charge is 2.50. The Morgan fingerprint density at radius 3 is 2.24 bits per heavy atom. The lowest BCUT2D eigenvalue weighted by Crippen LogP contribution is -2.48. The Morgan fingerprint density at radius 1 is 0.920 bits per heavy atom. The number of allylic oxidation sites excluding steroid dienone is 2. The van der Waals surface area contributed by atoms with Crippen molar-refractivity contribution in [3.05, 3.63) is 76.2 Å². The molecule has 6 N–H and O–H groups in total. The zero-order chi connectivity index (χ0) is 54.4. The number of aromatic hydroxyl groups is 2. The van der Waals surface area contributed by atoms with E-state index >= 15 is 0 Å². The van der Waals surface area contributed by atoms with Gasteiger partial charge in [-0.25, -0.2) is 4.98 Å². The standard InChI is InChI=1S/C56H77N7O12/c1-29(2)27-63-23-18-56(19-24-63)59-42-39-40-47(67)35(8)51-41(39)52(70)55(9,75-51)73-26-17-37(72-11)32(5)50(74-38(64)28-62-21-15-36(16-22-62)48(68)53-57-20-25-61(53)10)34(7)46(66)33(6)45(65)30(3)13-12-14-31(4)54(71)58-44(49(40)69)43(42)60-56/h12-14,17,20,25-26,29-30,32-34,36-37,45-46,48,50,65-69H,15-16,18-19,21-24,27-28H2,1-11H3,(H,58,71)/b13-12+,26-17+,31-14-/t30-,32+,33+,34+,37-,45-,46+,48?,50+,55-/m0/s1. The van der Waals surface area contributed by atoms with Gasteiger partial charge in [0.05, 0.1) is 47.4 Å².